The highest BCUT2D eigenvalue weighted by molar-refractivity contribution is 6.31. The fraction of sp³-hybridized carbons (Fsp3) is 0.474. The fourth-order valence-corrected chi connectivity index (χ4v) is 7.43. The number of nitrogens with one attached hydrogen (secondary N) is 2. The van der Waals surface area contributed by atoms with Gasteiger partial charge in [0.2, 0.25) is 0 Å². The van der Waals surface area contributed by atoms with Gasteiger partial charge in [-0.2, -0.15) is 0 Å². The van der Waals surface area contributed by atoms with E-state index in [4.69, 9.17) is 26.1 Å². The van der Waals surface area contributed by atoms with Crippen LogP contribution in [-0.4, -0.2) is 65.2 Å². The molecule has 0 spiro atoms. The zero-order valence-corrected chi connectivity index (χ0v) is 30.0. The molecule has 2 aromatic carbocycles. The minimum absolute atomic E-state index is 0.0810. The van der Waals surface area contributed by atoms with Crippen LogP contribution in [0.1, 0.15) is 97.9 Å². The van der Waals surface area contributed by atoms with Crippen LogP contribution < -0.4 is 0 Å². The number of carbonyl (C=O) groups excluding carboxylic acids is 2. The minimum Gasteiger partial charge on any atom is -0.444 e. The van der Waals surface area contributed by atoms with E-state index in [1.165, 1.54) is 0 Å². The van der Waals surface area contributed by atoms with E-state index in [0.717, 1.165) is 59.5 Å². The lowest BCUT2D eigenvalue weighted by atomic mass is 10.0. The van der Waals surface area contributed by atoms with Crippen LogP contribution in [0.25, 0.3) is 33.6 Å². The first-order valence-electron chi connectivity index (χ1n) is 17.2. The van der Waals surface area contributed by atoms with Gasteiger partial charge in [-0.3, -0.25) is 9.80 Å². The van der Waals surface area contributed by atoms with Crippen LogP contribution in [-0.2, 0) is 9.47 Å². The minimum atomic E-state index is -0.563. The number of H-pyrrole nitrogens is 2. The van der Waals surface area contributed by atoms with Crippen molar-refractivity contribution in [3.05, 3.63) is 71.5 Å². The molecule has 0 bridgehead atoms. The highest BCUT2D eigenvalue weighted by Gasteiger charge is 2.56. The summed E-state index contributed by atoms with van der Waals surface area (Å²) in [5.41, 5.74) is 4.48. The average molecular weight is 685 g/mol. The number of hydrogen-bond acceptors (Lipinski definition) is 6. The molecule has 10 nitrogen and oxygen atoms in total. The van der Waals surface area contributed by atoms with Gasteiger partial charge in [0.05, 0.1) is 24.0 Å². The van der Waals surface area contributed by atoms with E-state index in [1.807, 2.05) is 69.7 Å². The van der Waals surface area contributed by atoms with E-state index >= 15 is 0 Å². The molecule has 2 saturated heterocycles. The molecule has 1 aliphatic carbocycles. The summed E-state index contributed by atoms with van der Waals surface area (Å²) in [6.45, 7) is 13.4. The summed E-state index contributed by atoms with van der Waals surface area (Å²) in [6, 6.07) is 16.4. The molecule has 3 fully saturated rings. The van der Waals surface area contributed by atoms with Crippen molar-refractivity contribution in [2.24, 2.45) is 5.92 Å². The third-order valence-corrected chi connectivity index (χ3v) is 9.85. The smallest absolute Gasteiger partial charge is 0.411 e. The van der Waals surface area contributed by atoms with Gasteiger partial charge in [0.15, 0.2) is 0 Å². The molecule has 4 aromatic rings. The van der Waals surface area contributed by atoms with Crippen molar-refractivity contribution in [1.82, 2.24) is 29.7 Å². The van der Waals surface area contributed by atoms with E-state index in [9.17, 15) is 9.59 Å². The number of benzene rings is 2. The standard InChI is InChI=1S/C38H45ClN6O4/c1-21-8-17-28(44(21)35(46)48-37(2,3)4)33-40-20-27(41-33)24-13-9-22(10-14-24)23-11-15-25(16-12-23)31-32(39)43-34(42-31)30-19-26-18-29(26)45(30)36(47)49-38(5,6)7/h9-16,20-21,26,28-30H,8,17-19H2,1-7H3,(H,40,41)(H,42,43)/t21-,26?,28+,29?,30+/m1/s1. The summed E-state index contributed by atoms with van der Waals surface area (Å²) in [5, 5.41) is 0.456. The maximum atomic E-state index is 13.1. The summed E-state index contributed by atoms with van der Waals surface area (Å²) >= 11 is 6.68. The number of nitrogens with zero attached hydrogens (tertiary/aromatic N) is 4. The Balaban J connectivity index is 1.04. The molecule has 4 heterocycles. The first-order chi connectivity index (χ1) is 23.1. The number of hydrogen-bond donors (Lipinski definition) is 2. The van der Waals surface area contributed by atoms with Gasteiger partial charge in [0, 0.05) is 17.6 Å². The lowest BCUT2D eigenvalue weighted by Crippen LogP contribution is -2.40. The molecular formula is C38H45ClN6O4. The summed E-state index contributed by atoms with van der Waals surface area (Å²) < 4.78 is 11.4. The lowest BCUT2D eigenvalue weighted by Gasteiger charge is -2.30. The zero-order valence-electron chi connectivity index (χ0n) is 29.2. The Kier molecular flexibility index (Phi) is 8.29. The van der Waals surface area contributed by atoms with Crippen LogP contribution in [0.3, 0.4) is 0 Å². The zero-order chi connectivity index (χ0) is 34.8. The molecule has 2 aromatic heterocycles. The number of likely N-dealkylation sites (tertiary alicyclic amines) is 2. The average Bonchev–Trinajstić information content (AvgIpc) is 3.44. The molecule has 2 aliphatic heterocycles. The maximum Gasteiger partial charge on any atom is 0.411 e. The van der Waals surface area contributed by atoms with E-state index in [2.05, 4.69) is 58.3 Å². The van der Waals surface area contributed by atoms with Crippen LogP contribution in [0, 0.1) is 5.92 Å². The second kappa shape index (κ2) is 12.2. The predicted octanol–water partition coefficient (Wildman–Crippen LogP) is 9.32. The molecule has 7 rings (SSSR count). The van der Waals surface area contributed by atoms with E-state index in [1.54, 1.807) is 0 Å². The van der Waals surface area contributed by atoms with Gasteiger partial charge in [-0.1, -0.05) is 60.1 Å². The fourth-order valence-electron chi connectivity index (χ4n) is 7.19. The van der Waals surface area contributed by atoms with Crippen molar-refractivity contribution < 1.29 is 19.1 Å². The van der Waals surface area contributed by atoms with E-state index < -0.39 is 11.2 Å². The van der Waals surface area contributed by atoms with E-state index in [-0.39, 0.29) is 36.4 Å². The quantitative estimate of drug-likeness (QED) is 0.216. The van der Waals surface area contributed by atoms with Crippen LogP contribution in [0.5, 0.6) is 0 Å². The molecule has 2 N–H and O–H groups in total. The first kappa shape index (κ1) is 33.2. The van der Waals surface area contributed by atoms with Gasteiger partial charge in [-0.15, -0.1) is 0 Å². The number of amides is 2. The molecule has 1 saturated carbocycles. The predicted molar refractivity (Wildman–Crippen MR) is 189 cm³/mol. The molecule has 5 atom stereocenters. The molecule has 0 radical (unpaired) electrons. The van der Waals surface area contributed by atoms with Crippen LogP contribution in [0.4, 0.5) is 9.59 Å². The Morgan fingerprint density at radius 1 is 0.755 bits per heavy atom. The molecule has 2 amide bonds. The van der Waals surface area contributed by atoms with Crippen LogP contribution in [0.2, 0.25) is 5.15 Å². The second-order valence-electron chi connectivity index (χ2n) is 15.7. The van der Waals surface area contributed by atoms with Crippen LogP contribution >= 0.6 is 11.6 Å². The number of carbonyl (C=O) groups is 2. The Bertz CT molecular complexity index is 1850. The van der Waals surface area contributed by atoms with Crippen molar-refractivity contribution >= 4 is 23.8 Å². The van der Waals surface area contributed by atoms with Crippen LogP contribution in [0.15, 0.2) is 54.7 Å². The number of piperidine rings is 1. The van der Waals surface area contributed by atoms with Gasteiger partial charge in [0.1, 0.15) is 33.7 Å². The SMILES string of the molecule is C[C@@H]1CC[C@@H](c2ncc(-c3ccc(-c4ccc(-c5nc([C@@H]6CC7CC7N6C(=O)OC(C)(C)C)[nH]c5Cl)cc4)cc3)[nH]2)N1C(=O)OC(C)(C)C. The molecule has 3 aliphatic rings. The number of rotatable bonds is 5. The van der Waals surface area contributed by atoms with Crippen molar-refractivity contribution in [2.75, 3.05) is 0 Å². The summed E-state index contributed by atoms with van der Waals surface area (Å²) in [6.07, 6.45) is 4.82. The number of aromatic amines is 2. The normalized spacial score (nSPS) is 23.5. The van der Waals surface area contributed by atoms with Gasteiger partial charge < -0.3 is 19.4 Å². The molecule has 2 unspecified atom stereocenters. The van der Waals surface area contributed by atoms with Gasteiger partial charge in [0.25, 0.3) is 0 Å². The summed E-state index contributed by atoms with van der Waals surface area (Å²) in [7, 11) is 0. The highest BCUT2D eigenvalue weighted by Crippen LogP contribution is 2.54. The van der Waals surface area contributed by atoms with Crippen molar-refractivity contribution in [1.29, 1.82) is 0 Å². The summed E-state index contributed by atoms with van der Waals surface area (Å²) in [4.78, 5) is 46.0. The van der Waals surface area contributed by atoms with Gasteiger partial charge >= 0.3 is 12.2 Å². The Morgan fingerprint density at radius 2 is 1.33 bits per heavy atom. The molecule has 11 heteroatoms. The third kappa shape index (κ3) is 6.80. The number of aromatic nitrogens is 4. The van der Waals surface area contributed by atoms with Crippen molar-refractivity contribution in [3.8, 4) is 33.6 Å². The topological polar surface area (TPSA) is 116 Å². The number of fused-ring (bicyclic) bond motifs is 1. The Morgan fingerprint density at radius 3 is 1.94 bits per heavy atom. The highest BCUT2D eigenvalue weighted by atomic mass is 35.5. The van der Waals surface area contributed by atoms with Crippen molar-refractivity contribution in [3.63, 3.8) is 0 Å². The van der Waals surface area contributed by atoms with Gasteiger partial charge in [-0.05, 0) is 96.8 Å². The van der Waals surface area contributed by atoms with Gasteiger partial charge in [-0.25, -0.2) is 19.6 Å². The number of halogens is 1. The largest absolute Gasteiger partial charge is 0.444 e. The number of imidazole rings is 2. The molecular weight excluding hydrogens is 640 g/mol. The maximum absolute atomic E-state index is 13.1. The third-order valence-electron chi connectivity index (χ3n) is 9.57. The Hall–Kier alpha value is -4.31. The summed E-state index contributed by atoms with van der Waals surface area (Å²) in [5.74, 6) is 1.95. The first-order valence-corrected chi connectivity index (χ1v) is 17.6. The van der Waals surface area contributed by atoms with E-state index in [0.29, 0.717) is 22.6 Å². The second-order valence-corrected chi connectivity index (χ2v) is 16.0. The van der Waals surface area contributed by atoms with Crippen molar-refractivity contribution in [2.45, 2.75) is 110 Å². The lowest BCUT2D eigenvalue weighted by molar-refractivity contribution is 0.0147. The monoisotopic (exact) mass is 684 g/mol. The Labute approximate surface area is 292 Å². The molecule has 258 valence electrons. The number of ether oxygens (including phenoxy) is 2. The molecule has 49 heavy (non-hydrogen) atoms.